The third-order valence-electron chi connectivity index (χ3n) is 3.38. The first-order valence-corrected chi connectivity index (χ1v) is 6.63. The topological polar surface area (TPSA) is 99.2 Å². The number of carboxylic acid groups (broad SMARTS) is 1. The van der Waals surface area contributed by atoms with Crippen molar-refractivity contribution in [3.8, 4) is 0 Å². The van der Waals surface area contributed by atoms with Crippen LogP contribution in [0.1, 0.15) is 39.4 Å². The normalized spacial score (nSPS) is 13.9. The molecular weight excluding hydrogens is 272 g/mol. The Hall–Kier alpha value is -2.70. The van der Waals surface area contributed by atoms with Crippen molar-refractivity contribution in [1.29, 1.82) is 0 Å². The fraction of sp³-hybridized carbons (Fsp3) is 0.286. The molecule has 0 saturated heterocycles. The molecule has 1 aliphatic rings. The van der Waals surface area contributed by atoms with Crippen molar-refractivity contribution in [3.05, 3.63) is 47.8 Å². The number of hydrogen-bond donors (Lipinski definition) is 2. The number of carboxylic acids is 1. The molecule has 3 rings (SSSR count). The summed E-state index contributed by atoms with van der Waals surface area (Å²) in [6.45, 7) is 0.406. The van der Waals surface area contributed by atoms with Gasteiger partial charge in [-0.15, -0.1) is 0 Å². The average Bonchev–Trinajstić information content (AvgIpc) is 3.20. The van der Waals surface area contributed by atoms with Gasteiger partial charge in [0.2, 0.25) is 0 Å². The lowest BCUT2D eigenvalue weighted by Gasteiger charge is -2.21. The molecule has 0 unspecified atom stereocenters. The van der Waals surface area contributed by atoms with Crippen LogP contribution in [0.2, 0.25) is 0 Å². The van der Waals surface area contributed by atoms with Gasteiger partial charge in [-0.05, 0) is 24.5 Å². The molecule has 0 aliphatic heterocycles. The van der Waals surface area contributed by atoms with Crippen LogP contribution in [0.4, 0.5) is 0 Å². The number of aromatic carboxylic acids is 1. The highest BCUT2D eigenvalue weighted by Crippen LogP contribution is 2.29. The van der Waals surface area contributed by atoms with Gasteiger partial charge in [-0.2, -0.15) is 0 Å². The molecule has 0 radical (unpaired) electrons. The van der Waals surface area contributed by atoms with E-state index in [4.69, 9.17) is 5.11 Å². The van der Waals surface area contributed by atoms with E-state index in [1.54, 1.807) is 17.3 Å². The second kappa shape index (κ2) is 5.35. The third kappa shape index (κ3) is 2.76. The van der Waals surface area contributed by atoms with Gasteiger partial charge in [0.1, 0.15) is 0 Å². The molecule has 2 aromatic rings. The smallest absolute Gasteiger partial charge is 0.354 e. The van der Waals surface area contributed by atoms with E-state index in [1.165, 1.54) is 6.33 Å². The van der Waals surface area contributed by atoms with E-state index < -0.39 is 5.97 Å². The summed E-state index contributed by atoms with van der Waals surface area (Å²) in [4.78, 5) is 35.7. The number of rotatable bonds is 5. The summed E-state index contributed by atoms with van der Waals surface area (Å²) < 4.78 is 0. The highest BCUT2D eigenvalue weighted by Gasteiger charge is 2.35. The van der Waals surface area contributed by atoms with E-state index in [-0.39, 0.29) is 23.3 Å². The van der Waals surface area contributed by atoms with Gasteiger partial charge in [0.15, 0.2) is 11.4 Å². The Labute approximate surface area is 120 Å². The number of nitrogens with one attached hydrogen (secondary N) is 1. The largest absolute Gasteiger partial charge is 0.477 e. The van der Waals surface area contributed by atoms with Crippen LogP contribution in [0.15, 0.2) is 30.9 Å². The maximum atomic E-state index is 12.6. The van der Waals surface area contributed by atoms with E-state index in [1.807, 2.05) is 12.1 Å². The second-order valence-electron chi connectivity index (χ2n) is 4.96. The van der Waals surface area contributed by atoms with Crippen LogP contribution in [0.5, 0.6) is 0 Å². The second-order valence-corrected chi connectivity index (χ2v) is 4.96. The lowest BCUT2D eigenvalue weighted by Crippen LogP contribution is -2.33. The summed E-state index contributed by atoms with van der Waals surface area (Å²) in [6, 6.07) is 3.84. The van der Waals surface area contributed by atoms with Crippen molar-refractivity contribution < 1.29 is 14.7 Å². The first-order valence-electron chi connectivity index (χ1n) is 6.63. The minimum absolute atomic E-state index is 0.0432. The molecule has 2 heterocycles. The Morgan fingerprint density at radius 2 is 2.24 bits per heavy atom. The summed E-state index contributed by atoms with van der Waals surface area (Å²) in [5, 5.41) is 9.08. The average molecular weight is 286 g/mol. The zero-order chi connectivity index (χ0) is 14.8. The number of aromatic nitrogens is 3. The first-order chi connectivity index (χ1) is 10.2. The molecule has 2 aromatic heterocycles. The van der Waals surface area contributed by atoms with Gasteiger partial charge in [0, 0.05) is 25.0 Å². The van der Waals surface area contributed by atoms with Crippen LogP contribution < -0.4 is 0 Å². The van der Waals surface area contributed by atoms with Crippen molar-refractivity contribution in [2.24, 2.45) is 0 Å². The van der Waals surface area contributed by atoms with Gasteiger partial charge in [-0.1, -0.05) is 6.07 Å². The molecular formula is C14H14N4O3. The number of imidazole rings is 1. The zero-order valence-corrected chi connectivity index (χ0v) is 11.2. The first kappa shape index (κ1) is 13.3. The fourth-order valence-electron chi connectivity index (χ4n) is 2.20. The predicted octanol–water partition coefficient (Wildman–Crippen LogP) is 1.31. The Bertz CT molecular complexity index is 664. The Morgan fingerprint density at radius 3 is 2.86 bits per heavy atom. The van der Waals surface area contributed by atoms with Crippen molar-refractivity contribution in [1.82, 2.24) is 19.9 Å². The van der Waals surface area contributed by atoms with Crippen molar-refractivity contribution >= 4 is 11.9 Å². The summed E-state index contributed by atoms with van der Waals surface area (Å²) >= 11 is 0. The molecule has 21 heavy (non-hydrogen) atoms. The van der Waals surface area contributed by atoms with Crippen molar-refractivity contribution in [2.75, 3.05) is 0 Å². The number of nitrogens with zero attached hydrogens (tertiary/aromatic N) is 3. The summed E-state index contributed by atoms with van der Waals surface area (Å²) in [7, 11) is 0. The van der Waals surface area contributed by atoms with Gasteiger partial charge in [0.05, 0.1) is 6.33 Å². The molecule has 0 atom stereocenters. The van der Waals surface area contributed by atoms with E-state index in [2.05, 4.69) is 15.0 Å². The lowest BCUT2D eigenvalue weighted by molar-refractivity contribution is 0.0661. The number of pyridine rings is 1. The quantitative estimate of drug-likeness (QED) is 0.863. The number of hydrogen-bond acceptors (Lipinski definition) is 4. The van der Waals surface area contributed by atoms with E-state index in [0.717, 1.165) is 18.4 Å². The van der Waals surface area contributed by atoms with Gasteiger partial charge in [0.25, 0.3) is 5.91 Å². The minimum atomic E-state index is -1.19. The van der Waals surface area contributed by atoms with E-state index >= 15 is 0 Å². The molecule has 1 saturated carbocycles. The zero-order valence-electron chi connectivity index (χ0n) is 11.2. The molecule has 7 heteroatoms. The lowest BCUT2D eigenvalue weighted by atomic mass is 10.2. The highest BCUT2D eigenvalue weighted by atomic mass is 16.4. The van der Waals surface area contributed by atoms with Gasteiger partial charge in [-0.3, -0.25) is 9.78 Å². The predicted molar refractivity (Wildman–Crippen MR) is 72.7 cm³/mol. The number of amides is 1. The Morgan fingerprint density at radius 1 is 1.43 bits per heavy atom. The van der Waals surface area contributed by atoms with Crippen LogP contribution in [0.3, 0.4) is 0 Å². The molecule has 1 aliphatic carbocycles. The van der Waals surface area contributed by atoms with Crippen molar-refractivity contribution in [2.45, 2.75) is 25.4 Å². The summed E-state index contributed by atoms with van der Waals surface area (Å²) in [5.74, 6) is -1.55. The van der Waals surface area contributed by atoms with Crippen LogP contribution in [-0.4, -0.2) is 42.9 Å². The molecule has 2 N–H and O–H groups in total. The highest BCUT2D eigenvalue weighted by molar-refractivity contribution is 6.02. The summed E-state index contributed by atoms with van der Waals surface area (Å²) in [6.07, 6.45) is 6.46. The Kier molecular flexibility index (Phi) is 3.39. The molecule has 1 amide bonds. The monoisotopic (exact) mass is 286 g/mol. The van der Waals surface area contributed by atoms with E-state index in [9.17, 15) is 9.59 Å². The van der Waals surface area contributed by atoms with Crippen LogP contribution in [-0.2, 0) is 6.54 Å². The maximum Gasteiger partial charge on any atom is 0.354 e. The molecule has 0 aromatic carbocycles. The van der Waals surface area contributed by atoms with Crippen LogP contribution >= 0.6 is 0 Å². The van der Waals surface area contributed by atoms with Crippen LogP contribution in [0, 0.1) is 0 Å². The third-order valence-corrected chi connectivity index (χ3v) is 3.38. The fourth-order valence-corrected chi connectivity index (χ4v) is 2.20. The molecule has 7 nitrogen and oxygen atoms in total. The molecule has 108 valence electrons. The number of H-pyrrole nitrogens is 1. The standard InChI is InChI=1S/C14H14N4O3/c19-13(11-12(14(20)21)17-8-16-11)18(10-3-4-10)7-9-2-1-5-15-6-9/h1-2,5-6,8,10H,3-4,7H2,(H,16,17)(H,20,21). The van der Waals surface area contributed by atoms with Gasteiger partial charge < -0.3 is 15.0 Å². The number of aromatic amines is 1. The molecule has 1 fully saturated rings. The van der Waals surface area contributed by atoms with Gasteiger partial charge in [-0.25, -0.2) is 9.78 Å². The molecule has 0 spiro atoms. The maximum absolute atomic E-state index is 12.6. The number of carbonyl (C=O) groups excluding carboxylic acids is 1. The SMILES string of the molecule is O=C(O)c1[nH]cnc1C(=O)N(Cc1cccnc1)C1CC1. The number of carbonyl (C=O) groups is 2. The molecule has 0 bridgehead atoms. The van der Waals surface area contributed by atoms with Crippen LogP contribution in [0.25, 0.3) is 0 Å². The van der Waals surface area contributed by atoms with E-state index in [0.29, 0.717) is 6.54 Å². The van der Waals surface area contributed by atoms with Crippen molar-refractivity contribution in [3.63, 3.8) is 0 Å². The minimum Gasteiger partial charge on any atom is -0.477 e. The summed E-state index contributed by atoms with van der Waals surface area (Å²) in [5.41, 5.74) is 0.695. The Balaban J connectivity index is 1.85. The van der Waals surface area contributed by atoms with Gasteiger partial charge >= 0.3 is 5.97 Å².